The van der Waals surface area contributed by atoms with Crippen molar-refractivity contribution in [1.82, 2.24) is 10.2 Å². The molecule has 1 atom stereocenters. The van der Waals surface area contributed by atoms with Crippen LogP contribution in [0.15, 0.2) is 18.2 Å². The largest absolute Gasteiger partial charge is 0.326 e. The van der Waals surface area contributed by atoms with Gasteiger partial charge in [-0.25, -0.2) is 4.79 Å². The Balaban J connectivity index is 1.98. The van der Waals surface area contributed by atoms with Crippen molar-refractivity contribution in [3.63, 3.8) is 0 Å². The first-order chi connectivity index (χ1) is 10.4. The number of hydrogen-bond acceptors (Lipinski definition) is 3. The number of carbonyl (C=O) groups excluding carboxylic acids is 3. The molecule has 22 heavy (non-hydrogen) atoms. The Labute approximate surface area is 133 Å². The number of aryl methyl sites for hydroxylation is 1. The average molecular weight is 324 g/mol. The molecule has 1 fully saturated rings. The van der Waals surface area contributed by atoms with E-state index in [0.29, 0.717) is 17.1 Å². The van der Waals surface area contributed by atoms with E-state index in [1.54, 1.807) is 18.2 Å². The molecule has 0 saturated carbocycles. The van der Waals surface area contributed by atoms with Gasteiger partial charge in [-0.05, 0) is 31.0 Å². The van der Waals surface area contributed by atoms with Crippen LogP contribution in [0.1, 0.15) is 25.3 Å². The molecule has 0 aliphatic carbocycles. The van der Waals surface area contributed by atoms with Gasteiger partial charge in [0.2, 0.25) is 5.91 Å². The number of halogens is 1. The minimum Gasteiger partial charge on any atom is -0.326 e. The monoisotopic (exact) mass is 323 g/mol. The smallest absolute Gasteiger partial charge is 0.325 e. The van der Waals surface area contributed by atoms with Crippen molar-refractivity contribution < 1.29 is 14.4 Å². The zero-order chi connectivity index (χ0) is 16.3. The second-order valence-corrected chi connectivity index (χ2v) is 5.63. The maximum absolute atomic E-state index is 12.0. The number of anilines is 1. The van der Waals surface area contributed by atoms with Gasteiger partial charge in [-0.3, -0.25) is 14.5 Å². The summed E-state index contributed by atoms with van der Waals surface area (Å²) in [5.41, 5.74) is 1.42. The first-order valence-electron chi connectivity index (χ1n) is 7.10. The van der Waals surface area contributed by atoms with Crippen molar-refractivity contribution in [3.05, 3.63) is 28.8 Å². The summed E-state index contributed by atoms with van der Waals surface area (Å²) in [6, 6.07) is 4.06. The van der Waals surface area contributed by atoms with E-state index in [4.69, 9.17) is 11.6 Å². The van der Waals surface area contributed by atoms with Crippen LogP contribution in [0.2, 0.25) is 5.02 Å². The van der Waals surface area contributed by atoms with Gasteiger partial charge in [-0.1, -0.05) is 31.0 Å². The number of carbonyl (C=O) groups is 3. The van der Waals surface area contributed by atoms with Gasteiger partial charge in [0.25, 0.3) is 5.91 Å². The van der Waals surface area contributed by atoms with Crippen molar-refractivity contribution in [1.29, 1.82) is 0 Å². The van der Waals surface area contributed by atoms with E-state index >= 15 is 0 Å². The SMILES string of the molecule is CCCC1NC(=O)N(CC(=O)Nc2ccc(C)c(Cl)c2)C1=O. The Morgan fingerprint density at radius 1 is 1.41 bits per heavy atom. The predicted molar refractivity (Wildman–Crippen MR) is 83.8 cm³/mol. The van der Waals surface area contributed by atoms with Crippen LogP contribution in [-0.2, 0) is 9.59 Å². The quantitative estimate of drug-likeness (QED) is 0.816. The molecule has 1 aromatic rings. The first kappa shape index (κ1) is 16.3. The van der Waals surface area contributed by atoms with Gasteiger partial charge in [0.1, 0.15) is 12.6 Å². The Hall–Kier alpha value is -2.08. The van der Waals surface area contributed by atoms with E-state index in [-0.39, 0.29) is 12.5 Å². The highest BCUT2D eigenvalue weighted by Gasteiger charge is 2.38. The molecule has 1 unspecified atom stereocenters. The fourth-order valence-electron chi connectivity index (χ4n) is 2.23. The van der Waals surface area contributed by atoms with Gasteiger partial charge in [0.05, 0.1) is 0 Å². The maximum atomic E-state index is 12.0. The van der Waals surface area contributed by atoms with Crippen LogP contribution in [0.4, 0.5) is 10.5 Å². The van der Waals surface area contributed by atoms with Crippen molar-refractivity contribution in [2.45, 2.75) is 32.7 Å². The molecule has 2 rings (SSSR count). The van der Waals surface area contributed by atoms with Crippen LogP contribution in [-0.4, -0.2) is 35.3 Å². The predicted octanol–water partition coefficient (Wildman–Crippen LogP) is 2.31. The van der Waals surface area contributed by atoms with Crippen molar-refractivity contribution in [2.24, 2.45) is 0 Å². The fraction of sp³-hybridized carbons (Fsp3) is 0.400. The highest BCUT2D eigenvalue weighted by Crippen LogP contribution is 2.20. The molecule has 4 amide bonds. The van der Waals surface area contributed by atoms with E-state index < -0.39 is 18.0 Å². The van der Waals surface area contributed by atoms with E-state index in [9.17, 15) is 14.4 Å². The summed E-state index contributed by atoms with van der Waals surface area (Å²) in [6.45, 7) is 3.47. The van der Waals surface area contributed by atoms with Crippen LogP contribution < -0.4 is 10.6 Å². The molecule has 7 heteroatoms. The summed E-state index contributed by atoms with van der Waals surface area (Å²) in [4.78, 5) is 36.7. The highest BCUT2D eigenvalue weighted by molar-refractivity contribution is 6.31. The number of benzene rings is 1. The van der Waals surface area contributed by atoms with Crippen LogP contribution in [0.5, 0.6) is 0 Å². The lowest BCUT2D eigenvalue weighted by molar-refractivity contribution is -0.130. The first-order valence-corrected chi connectivity index (χ1v) is 7.48. The number of amides is 4. The minimum absolute atomic E-state index is 0.309. The molecule has 1 aliphatic heterocycles. The standard InChI is InChI=1S/C15H18ClN3O3/c1-3-4-12-14(21)19(15(22)18-12)8-13(20)17-10-6-5-9(2)11(16)7-10/h5-7,12H,3-4,8H2,1-2H3,(H,17,20)(H,18,22). The highest BCUT2D eigenvalue weighted by atomic mass is 35.5. The third kappa shape index (κ3) is 3.57. The van der Waals surface area contributed by atoms with Crippen molar-refractivity contribution in [2.75, 3.05) is 11.9 Å². The second-order valence-electron chi connectivity index (χ2n) is 5.23. The molecule has 2 N–H and O–H groups in total. The molecule has 118 valence electrons. The molecular weight excluding hydrogens is 306 g/mol. The van der Waals surface area contributed by atoms with Crippen LogP contribution >= 0.6 is 11.6 Å². The molecule has 0 bridgehead atoms. The average Bonchev–Trinajstić information content (AvgIpc) is 2.71. The van der Waals surface area contributed by atoms with E-state index in [2.05, 4.69) is 10.6 Å². The van der Waals surface area contributed by atoms with Crippen LogP contribution in [0, 0.1) is 6.92 Å². The van der Waals surface area contributed by atoms with Gasteiger partial charge in [0, 0.05) is 10.7 Å². The van der Waals surface area contributed by atoms with Gasteiger partial charge in [-0.2, -0.15) is 0 Å². The molecule has 1 saturated heterocycles. The summed E-state index contributed by atoms with van der Waals surface area (Å²) in [5, 5.41) is 5.74. The molecule has 0 spiro atoms. The Bertz CT molecular complexity index is 618. The Morgan fingerprint density at radius 3 is 2.77 bits per heavy atom. The molecule has 1 heterocycles. The summed E-state index contributed by atoms with van der Waals surface area (Å²) in [6.07, 6.45) is 1.34. The van der Waals surface area contributed by atoms with Crippen LogP contribution in [0.3, 0.4) is 0 Å². The number of hydrogen-bond donors (Lipinski definition) is 2. The van der Waals surface area contributed by atoms with Gasteiger partial charge >= 0.3 is 6.03 Å². The minimum atomic E-state index is -0.529. The molecule has 0 aromatic heterocycles. The normalized spacial score (nSPS) is 17.6. The zero-order valence-corrected chi connectivity index (χ0v) is 13.2. The molecule has 1 aliphatic rings. The number of nitrogens with one attached hydrogen (secondary N) is 2. The number of urea groups is 1. The topological polar surface area (TPSA) is 78.5 Å². The fourth-order valence-corrected chi connectivity index (χ4v) is 2.41. The van der Waals surface area contributed by atoms with Gasteiger partial charge in [0.15, 0.2) is 0 Å². The number of imide groups is 1. The molecule has 6 nitrogen and oxygen atoms in total. The van der Waals surface area contributed by atoms with Crippen molar-refractivity contribution >= 4 is 35.1 Å². The zero-order valence-electron chi connectivity index (χ0n) is 12.5. The lowest BCUT2D eigenvalue weighted by Gasteiger charge is -2.13. The third-order valence-corrected chi connectivity index (χ3v) is 3.85. The summed E-state index contributed by atoms with van der Waals surface area (Å²) in [7, 11) is 0. The van der Waals surface area contributed by atoms with Gasteiger partial charge in [-0.15, -0.1) is 0 Å². The van der Waals surface area contributed by atoms with E-state index in [1.165, 1.54) is 0 Å². The number of rotatable bonds is 5. The van der Waals surface area contributed by atoms with Crippen LogP contribution in [0.25, 0.3) is 0 Å². The molecule has 0 radical (unpaired) electrons. The second kappa shape index (κ2) is 6.79. The van der Waals surface area contributed by atoms with E-state index in [1.807, 2.05) is 13.8 Å². The molecular formula is C15H18ClN3O3. The summed E-state index contributed by atoms with van der Waals surface area (Å²) < 4.78 is 0. The van der Waals surface area contributed by atoms with E-state index in [0.717, 1.165) is 16.9 Å². The molecule has 1 aromatic carbocycles. The lowest BCUT2D eigenvalue weighted by Crippen LogP contribution is -2.38. The summed E-state index contributed by atoms with van der Waals surface area (Å²) in [5.74, 6) is -0.801. The summed E-state index contributed by atoms with van der Waals surface area (Å²) >= 11 is 5.99. The maximum Gasteiger partial charge on any atom is 0.325 e. The Kier molecular flexibility index (Phi) is 5.03. The Morgan fingerprint density at radius 2 is 2.14 bits per heavy atom. The lowest BCUT2D eigenvalue weighted by atomic mass is 10.2. The third-order valence-electron chi connectivity index (χ3n) is 3.44. The van der Waals surface area contributed by atoms with Gasteiger partial charge < -0.3 is 10.6 Å². The number of nitrogens with zero attached hydrogens (tertiary/aromatic N) is 1. The van der Waals surface area contributed by atoms with Crippen molar-refractivity contribution in [3.8, 4) is 0 Å².